The summed E-state index contributed by atoms with van der Waals surface area (Å²) in [6.45, 7) is 4.23. The second-order valence-electron chi connectivity index (χ2n) is 7.11. The van der Waals surface area contributed by atoms with Gasteiger partial charge in [0.15, 0.2) is 0 Å². The first-order chi connectivity index (χ1) is 11.4. The number of unbranched alkanes of at least 4 members (excludes halogenated alkanes) is 8. The zero-order valence-electron chi connectivity index (χ0n) is 16.8. The smallest absolute Gasteiger partial charge is 0.748 e. The van der Waals surface area contributed by atoms with Gasteiger partial charge in [-0.2, -0.15) is 0 Å². The molecule has 0 aliphatic rings. The van der Waals surface area contributed by atoms with E-state index in [1.165, 1.54) is 12.8 Å². The average Bonchev–Trinajstić information content (AvgIpc) is 2.50. The average molecular weight is 403 g/mol. The minimum atomic E-state index is -4.16. The van der Waals surface area contributed by atoms with Crippen LogP contribution in [0.2, 0.25) is 0 Å². The third-order valence-electron chi connectivity index (χ3n) is 4.72. The second-order valence-corrected chi connectivity index (χ2v) is 8.76. The summed E-state index contributed by atoms with van der Waals surface area (Å²) in [4.78, 5) is 0. The second kappa shape index (κ2) is 18.9. The van der Waals surface area contributed by atoms with Crippen LogP contribution in [0.15, 0.2) is 0 Å². The van der Waals surface area contributed by atoms with Gasteiger partial charge in [-0.15, -0.1) is 0 Å². The topological polar surface area (TPSA) is 77.4 Å². The number of aliphatic hydroxyl groups excluding tert-OH is 1. The van der Waals surface area contributed by atoms with Gasteiger partial charge in [-0.25, -0.2) is 8.42 Å². The van der Waals surface area contributed by atoms with Crippen LogP contribution >= 0.6 is 0 Å². The Bertz CT molecular complexity index is 374. The van der Waals surface area contributed by atoms with E-state index in [2.05, 4.69) is 13.8 Å². The minimum absolute atomic E-state index is 0. The molecule has 6 heteroatoms. The van der Waals surface area contributed by atoms with Crippen LogP contribution in [0.1, 0.15) is 110 Å². The van der Waals surface area contributed by atoms with E-state index < -0.39 is 15.4 Å². The largest absolute Gasteiger partial charge is 1.00 e. The summed E-state index contributed by atoms with van der Waals surface area (Å²) in [5.41, 5.74) is 0. The molecule has 0 spiro atoms. The van der Waals surface area contributed by atoms with Crippen LogP contribution in [0.5, 0.6) is 0 Å². The van der Waals surface area contributed by atoms with Crippen molar-refractivity contribution >= 4 is 10.1 Å². The first-order valence-corrected chi connectivity index (χ1v) is 11.5. The van der Waals surface area contributed by atoms with E-state index in [0.717, 1.165) is 70.6 Å². The number of rotatable bonds is 17. The van der Waals surface area contributed by atoms with Crippen molar-refractivity contribution in [2.24, 2.45) is 0 Å². The monoisotopic (exact) mass is 402 g/mol. The van der Waals surface area contributed by atoms with E-state index in [-0.39, 0.29) is 57.5 Å². The van der Waals surface area contributed by atoms with E-state index >= 15 is 0 Å². The molecule has 4 nitrogen and oxygen atoms in total. The molecule has 146 valence electrons. The molecular formula is C19H39KO4S. The van der Waals surface area contributed by atoms with Gasteiger partial charge in [0.2, 0.25) is 0 Å². The van der Waals surface area contributed by atoms with Crippen molar-refractivity contribution in [1.82, 2.24) is 0 Å². The fourth-order valence-electron chi connectivity index (χ4n) is 3.17. The molecule has 0 saturated carbocycles. The summed E-state index contributed by atoms with van der Waals surface area (Å²) in [7, 11) is -4.16. The van der Waals surface area contributed by atoms with Crippen molar-refractivity contribution in [2.75, 3.05) is 0 Å². The third-order valence-corrected chi connectivity index (χ3v) is 6.01. The van der Waals surface area contributed by atoms with E-state index in [9.17, 15) is 18.1 Å². The Balaban J connectivity index is 0. The zero-order valence-corrected chi connectivity index (χ0v) is 20.8. The van der Waals surface area contributed by atoms with Gasteiger partial charge < -0.3 is 9.66 Å². The summed E-state index contributed by atoms with van der Waals surface area (Å²) in [5.74, 6) is 0. The molecule has 0 aromatic carbocycles. The van der Waals surface area contributed by atoms with Crippen LogP contribution in [0.25, 0.3) is 0 Å². The summed E-state index contributed by atoms with van der Waals surface area (Å²) in [6.07, 6.45) is 13.9. The first kappa shape index (κ1) is 28.7. The first-order valence-electron chi connectivity index (χ1n) is 10.0. The van der Waals surface area contributed by atoms with Crippen molar-refractivity contribution in [3.05, 3.63) is 0 Å². The van der Waals surface area contributed by atoms with Gasteiger partial charge >= 0.3 is 51.4 Å². The Morgan fingerprint density at radius 3 is 1.60 bits per heavy atom. The maximum Gasteiger partial charge on any atom is 1.00 e. The summed E-state index contributed by atoms with van der Waals surface area (Å²) in [5, 5.41) is 8.96. The van der Waals surface area contributed by atoms with Gasteiger partial charge in [0, 0.05) is 5.25 Å². The van der Waals surface area contributed by atoms with Crippen LogP contribution in [0, 0.1) is 0 Å². The molecule has 0 aliphatic heterocycles. The van der Waals surface area contributed by atoms with Gasteiger partial charge in [-0.1, -0.05) is 84.5 Å². The molecule has 0 rings (SSSR count). The maximum absolute atomic E-state index is 11.4. The molecule has 0 aromatic heterocycles. The zero-order chi connectivity index (χ0) is 18.3. The SMILES string of the molecule is CCCCCCCC(CCCCCCCC(O)CCC)S(=O)(=O)[O-].[K+]. The Kier molecular flexibility index (Phi) is 21.7. The predicted octanol–water partition coefficient (Wildman–Crippen LogP) is 2.16. The molecule has 0 saturated heterocycles. The summed E-state index contributed by atoms with van der Waals surface area (Å²) < 4.78 is 34.1. The van der Waals surface area contributed by atoms with Crippen LogP contribution in [-0.2, 0) is 10.1 Å². The van der Waals surface area contributed by atoms with Crippen LogP contribution in [-0.4, -0.2) is 29.4 Å². The molecular weight excluding hydrogens is 363 g/mol. The molecule has 0 heterocycles. The minimum Gasteiger partial charge on any atom is -0.748 e. The van der Waals surface area contributed by atoms with E-state index in [0.29, 0.717) is 12.8 Å². The maximum atomic E-state index is 11.4. The third kappa shape index (κ3) is 18.6. The Morgan fingerprint density at radius 2 is 1.16 bits per heavy atom. The molecule has 0 aliphatic carbocycles. The van der Waals surface area contributed by atoms with Gasteiger partial charge in [0.05, 0.1) is 16.2 Å². The molecule has 25 heavy (non-hydrogen) atoms. The van der Waals surface area contributed by atoms with Crippen molar-refractivity contribution in [3.63, 3.8) is 0 Å². The van der Waals surface area contributed by atoms with Gasteiger partial charge in [0.25, 0.3) is 0 Å². The van der Waals surface area contributed by atoms with Crippen molar-refractivity contribution in [2.45, 2.75) is 122 Å². The normalized spacial score (nSPS) is 14.1. The van der Waals surface area contributed by atoms with Gasteiger partial charge in [-0.05, 0) is 25.7 Å². The van der Waals surface area contributed by atoms with Crippen LogP contribution < -0.4 is 51.4 Å². The van der Waals surface area contributed by atoms with E-state index in [1.54, 1.807) is 0 Å². The van der Waals surface area contributed by atoms with Crippen molar-refractivity contribution < 1.29 is 69.5 Å². The van der Waals surface area contributed by atoms with E-state index in [1.807, 2.05) is 0 Å². The number of hydrogen-bond donors (Lipinski definition) is 1. The fraction of sp³-hybridized carbons (Fsp3) is 1.00. The predicted molar refractivity (Wildman–Crippen MR) is 100 cm³/mol. The van der Waals surface area contributed by atoms with Crippen LogP contribution in [0.3, 0.4) is 0 Å². The number of aliphatic hydroxyl groups is 1. The summed E-state index contributed by atoms with van der Waals surface area (Å²) >= 11 is 0. The van der Waals surface area contributed by atoms with Gasteiger partial charge in [-0.3, -0.25) is 0 Å². The molecule has 0 radical (unpaired) electrons. The molecule has 0 fully saturated rings. The molecule has 2 atom stereocenters. The molecule has 0 aromatic rings. The van der Waals surface area contributed by atoms with E-state index in [4.69, 9.17) is 0 Å². The van der Waals surface area contributed by atoms with Gasteiger partial charge in [0.1, 0.15) is 0 Å². The Labute approximate surface area is 199 Å². The molecule has 2 unspecified atom stereocenters. The number of hydrogen-bond acceptors (Lipinski definition) is 4. The fourth-order valence-corrected chi connectivity index (χ4v) is 4.08. The Morgan fingerprint density at radius 1 is 0.720 bits per heavy atom. The Hall–Kier alpha value is 1.51. The van der Waals surface area contributed by atoms with Crippen LogP contribution in [0.4, 0.5) is 0 Å². The molecule has 0 amide bonds. The molecule has 0 bridgehead atoms. The molecule has 1 N–H and O–H groups in total. The van der Waals surface area contributed by atoms with Crippen molar-refractivity contribution in [3.8, 4) is 0 Å². The quantitative estimate of drug-likeness (QED) is 0.230. The standard InChI is InChI=1S/C19H40O4S.K/c1-3-5-6-8-12-16-19(24(21,22)23)17-13-10-7-9-11-15-18(20)14-4-2;/h18-20H,3-17H2,1-2H3,(H,21,22,23);/q;+1/p-1. The summed E-state index contributed by atoms with van der Waals surface area (Å²) in [6, 6.07) is 0. The van der Waals surface area contributed by atoms with Crippen molar-refractivity contribution in [1.29, 1.82) is 0 Å².